The van der Waals surface area contributed by atoms with Crippen molar-refractivity contribution in [2.75, 3.05) is 0 Å². The summed E-state index contributed by atoms with van der Waals surface area (Å²) in [6.07, 6.45) is 0.656. The van der Waals surface area contributed by atoms with Crippen LogP contribution in [-0.4, -0.2) is 4.92 Å². The normalized spacial score (nSPS) is 12.1. The highest BCUT2D eigenvalue weighted by molar-refractivity contribution is 6.20. The minimum atomic E-state index is -0.400. The van der Waals surface area contributed by atoms with Crippen LogP contribution in [0.2, 0.25) is 0 Å². The van der Waals surface area contributed by atoms with Crippen molar-refractivity contribution in [2.45, 2.75) is 18.7 Å². The van der Waals surface area contributed by atoms with Gasteiger partial charge >= 0.3 is 0 Å². The SMILES string of the molecule is Cc1cccc(C(Cl)Cc2ccc([N+](=O)[O-])cc2)c1. The Labute approximate surface area is 117 Å². The number of non-ortho nitro benzene ring substituents is 1. The number of hydrogen-bond acceptors (Lipinski definition) is 2. The lowest BCUT2D eigenvalue weighted by Crippen LogP contribution is -1.97. The standard InChI is InChI=1S/C15H14ClNO2/c1-11-3-2-4-13(9-11)15(16)10-12-5-7-14(8-6-12)17(18)19/h2-9,15H,10H2,1H3. The van der Waals surface area contributed by atoms with E-state index >= 15 is 0 Å². The van der Waals surface area contributed by atoms with Crippen molar-refractivity contribution in [2.24, 2.45) is 0 Å². The Morgan fingerprint density at radius 2 is 1.89 bits per heavy atom. The Kier molecular flexibility index (Phi) is 4.17. The molecule has 2 rings (SSSR count). The lowest BCUT2D eigenvalue weighted by molar-refractivity contribution is -0.384. The van der Waals surface area contributed by atoms with Gasteiger partial charge in [-0.1, -0.05) is 42.0 Å². The molecule has 2 aromatic carbocycles. The second-order valence-electron chi connectivity index (χ2n) is 4.51. The average molecular weight is 276 g/mol. The van der Waals surface area contributed by atoms with Crippen molar-refractivity contribution >= 4 is 17.3 Å². The fourth-order valence-corrected chi connectivity index (χ4v) is 2.26. The minimum Gasteiger partial charge on any atom is -0.258 e. The number of nitrogens with zero attached hydrogens (tertiary/aromatic N) is 1. The van der Waals surface area contributed by atoms with E-state index in [1.165, 1.54) is 17.7 Å². The molecule has 1 unspecified atom stereocenters. The first-order valence-electron chi connectivity index (χ1n) is 6.00. The number of halogens is 1. The number of benzene rings is 2. The van der Waals surface area contributed by atoms with Crippen LogP contribution >= 0.6 is 11.6 Å². The molecule has 3 nitrogen and oxygen atoms in total. The van der Waals surface area contributed by atoms with E-state index in [4.69, 9.17) is 11.6 Å². The van der Waals surface area contributed by atoms with Gasteiger partial charge in [0, 0.05) is 12.1 Å². The number of hydrogen-bond donors (Lipinski definition) is 0. The number of nitro groups is 1. The summed E-state index contributed by atoms with van der Waals surface area (Å²) in [5.74, 6) is 0. The van der Waals surface area contributed by atoms with Crippen LogP contribution in [0.3, 0.4) is 0 Å². The van der Waals surface area contributed by atoms with Gasteiger partial charge in [-0.3, -0.25) is 10.1 Å². The fraction of sp³-hybridized carbons (Fsp3) is 0.200. The van der Waals surface area contributed by atoms with Crippen LogP contribution in [-0.2, 0) is 6.42 Å². The van der Waals surface area contributed by atoms with E-state index < -0.39 is 4.92 Å². The van der Waals surface area contributed by atoms with E-state index in [9.17, 15) is 10.1 Å². The molecule has 0 bridgehead atoms. The zero-order valence-electron chi connectivity index (χ0n) is 10.5. The molecule has 0 aliphatic carbocycles. The molecule has 19 heavy (non-hydrogen) atoms. The monoisotopic (exact) mass is 275 g/mol. The van der Waals surface area contributed by atoms with Crippen molar-refractivity contribution in [3.05, 3.63) is 75.3 Å². The molecule has 0 amide bonds. The Bertz CT molecular complexity index is 581. The van der Waals surface area contributed by atoms with Crippen LogP contribution in [0.4, 0.5) is 5.69 Å². The van der Waals surface area contributed by atoms with Crippen molar-refractivity contribution in [3.63, 3.8) is 0 Å². The van der Waals surface area contributed by atoms with Crippen LogP contribution in [0.15, 0.2) is 48.5 Å². The summed E-state index contributed by atoms with van der Waals surface area (Å²) in [6, 6.07) is 14.6. The molecule has 0 spiro atoms. The van der Waals surface area contributed by atoms with E-state index in [0.29, 0.717) is 6.42 Å². The maximum atomic E-state index is 10.6. The van der Waals surface area contributed by atoms with Gasteiger partial charge in [0.1, 0.15) is 0 Å². The molecule has 0 aliphatic rings. The Morgan fingerprint density at radius 3 is 2.47 bits per heavy atom. The van der Waals surface area contributed by atoms with Gasteiger partial charge in [0.05, 0.1) is 10.3 Å². The third kappa shape index (κ3) is 3.55. The van der Waals surface area contributed by atoms with Crippen LogP contribution in [0.1, 0.15) is 22.1 Å². The summed E-state index contributed by atoms with van der Waals surface area (Å²) < 4.78 is 0. The number of rotatable bonds is 4. The molecule has 1 atom stereocenters. The minimum absolute atomic E-state index is 0.102. The molecular weight excluding hydrogens is 262 g/mol. The zero-order chi connectivity index (χ0) is 13.8. The predicted molar refractivity (Wildman–Crippen MR) is 76.6 cm³/mol. The van der Waals surface area contributed by atoms with E-state index in [0.717, 1.165) is 11.1 Å². The third-order valence-electron chi connectivity index (χ3n) is 2.97. The molecule has 0 radical (unpaired) electrons. The first-order valence-corrected chi connectivity index (χ1v) is 6.44. The summed E-state index contributed by atoms with van der Waals surface area (Å²) in [5, 5.41) is 10.4. The molecule has 2 aromatic rings. The van der Waals surface area contributed by atoms with Gasteiger partial charge < -0.3 is 0 Å². The highest BCUT2D eigenvalue weighted by Crippen LogP contribution is 2.26. The smallest absolute Gasteiger partial charge is 0.258 e. The van der Waals surface area contributed by atoms with Gasteiger partial charge in [-0.2, -0.15) is 0 Å². The van der Waals surface area contributed by atoms with Gasteiger partial charge in [0.2, 0.25) is 0 Å². The molecule has 0 aromatic heterocycles. The molecule has 4 heteroatoms. The van der Waals surface area contributed by atoms with Gasteiger partial charge in [0.15, 0.2) is 0 Å². The number of alkyl halides is 1. The van der Waals surface area contributed by atoms with E-state index in [-0.39, 0.29) is 11.1 Å². The second kappa shape index (κ2) is 5.85. The van der Waals surface area contributed by atoms with Gasteiger partial charge in [-0.15, -0.1) is 11.6 Å². The maximum absolute atomic E-state index is 10.6. The highest BCUT2D eigenvalue weighted by atomic mass is 35.5. The number of aryl methyl sites for hydroxylation is 1. The molecule has 98 valence electrons. The lowest BCUT2D eigenvalue weighted by atomic mass is 10.0. The van der Waals surface area contributed by atoms with Crippen molar-refractivity contribution < 1.29 is 4.92 Å². The quantitative estimate of drug-likeness (QED) is 0.471. The summed E-state index contributed by atoms with van der Waals surface area (Å²) in [5.41, 5.74) is 3.34. The average Bonchev–Trinajstić information content (AvgIpc) is 2.39. The lowest BCUT2D eigenvalue weighted by Gasteiger charge is -2.10. The third-order valence-corrected chi connectivity index (χ3v) is 3.37. The van der Waals surface area contributed by atoms with Crippen molar-refractivity contribution in [1.29, 1.82) is 0 Å². The van der Waals surface area contributed by atoms with E-state index in [2.05, 4.69) is 6.07 Å². The van der Waals surface area contributed by atoms with E-state index in [1.807, 2.05) is 25.1 Å². The first kappa shape index (κ1) is 13.6. The highest BCUT2D eigenvalue weighted by Gasteiger charge is 2.10. The number of nitro benzene ring substituents is 1. The largest absolute Gasteiger partial charge is 0.269 e. The summed E-state index contributed by atoms with van der Waals surface area (Å²) in [6.45, 7) is 2.03. The van der Waals surface area contributed by atoms with Crippen LogP contribution < -0.4 is 0 Å². The van der Waals surface area contributed by atoms with Crippen LogP contribution in [0.25, 0.3) is 0 Å². The van der Waals surface area contributed by atoms with Gasteiger partial charge in [-0.25, -0.2) is 0 Å². The fourth-order valence-electron chi connectivity index (χ4n) is 1.94. The summed E-state index contributed by atoms with van der Waals surface area (Å²) >= 11 is 6.38. The van der Waals surface area contributed by atoms with Crippen LogP contribution in [0.5, 0.6) is 0 Å². The van der Waals surface area contributed by atoms with Crippen LogP contribution in [0, 0.1) is 17.0 Å². The summed E-state index contributed by atoms with van der Waals surface area (Å²) in [4.78, 5) is 10.2. The first-order chi connectivity index (χ1) is 9.06. The Hall–Kier alpha value is -1.87. The van der Waals surface area contributed by atoms with Crippen molar-refractivity contribution in [3.8, 4) is 0 Å². The predicted octanol–water partition coefficient (Wildman–Crippen LogP) is 4.43. The maximum Gasteiger partial charge on any atom is 0.269 e. The Morgan fingerprint density at radius 1 is 1.21 bits per heavy atom. The molecule has 0 N–H and O–H groups in total. The Balaban J connectivity index is 2.10. The molecule has 0 heterocycles. The van der Waals surface area contributed by atoms with Gasteiger partial charge in [-0.05, 0) is 24.5 Å². The molecule has 0 saturated carbocycles. The molecule has 0 fully saturated rings. The topological polar surface area (TPSA) is 43.1 Å². The molecule has 0 saturated heterocycles. The summed E-state index contributed by atoms with van der Waals surface area (Å²) in [7, 11) is 0. The molecular formula is C15H14ClNO2. The van der Waals surface area contributed by atoms with E-state index in [1.54, 1.807) is 12.1 Å². The van der Waals surface area contributed by atoms with Crippen molar-refractivity contribution in [1.82, 2.24) is 0 Å². The molecule has 0 aliphatic heterocycles. The van der Waals surface area contributed by atoms with Gasteiger partial charge in [0.25, 0.3) is 5.69 Å². The second-order valence-corrected chi connectivity index (χ2v) is 5.04. The zero-order valence-corrected chi connectivity index (χ0v) is 11.3.